The maximum atomic E-state index is 13.8. The van der Waals surface area contributed by atoms with Crippen molar-refractivity contribution >= 4 is 15.9 Å². The van der Waals surface area contributed by atoms with Crippen LogP contribution in [0.1, 0.15) is 44.6 Å². The van der Waals surface area contributed by atoms with Crippen LogP contribution in [0.5, 0.6) is 0 Å². The smallest absolute Gasteiger partial charge is 0.144 e. The quantitative estimate of drug-likeness (QED) is 0.782. The zero-order valence-electron chi connectivity index (χ0n) is 11.2. The second kappa shape index (κ2) is 6.80. The molecule has 1 fully saturated rings. The first-order valence-electron chi connectivity index (χ1n) is 6.97. The van der Waals surface area contributed by atoms with Crippen LogP contribution in [0.2, 0.25) is 0 Å². The van der Waals surface area contributed by atoms with Gasteiger partial charge in [0.15, 0.2) is 0 Å². The molecule has 0 aromatic heterocycles. The van der Waals surface area contributed by atoms with Crippen molar-refractivity contribution in [2.75, 3.05) is 0 Å². The molecule has 0 radical (unpaired) electrons. The SMILES string of the molecule is CCC1CCCC(NCc2c(F)ccc(Br)c2F)C1. The van der Waals surface area contributed by atoms with Gasteiger partial charge in [0.1, 0.15) is 11.6 Å². The highest BCUT2D eigenvalue weighted by Crippen LogP contribution is 2.27. The second-order valence-electron chi connectivity index (χ2n) is 5.34. The van der Waals surface area contributed by atoms with Gasteiger partial charge in [0.2, 0.25) is 0 Å². The predicted molar refractivity (Wildman–Crippen MR) is 76.9 cm³/mol. The average Bonchev–Trinajstić information content (AvgIpc) is 2.43. The summed E-state index contributed by atoms with van der Waals surface area (Å²) in [6, 6.07) is 3.10. The summed E-state index contributed by atoms with van der Waals surface area (Å²) in [5.74, 6) is -0.213. The Morgan fingerprint density at radius 2 is 2.11 bits per heavy atom. The lowest BCUT2D eigenvalue weighted by Gasteiger charge is -2.29. The monoisotopic (exact) mass is 331 g/mol. The standard InChI is InChI=1S/C15H20BrF2N/c1-2-10-4-3-5-11(8-10)19-9-12-14(17)7-6-13(16)15(12)18/h6-7,10-11,19H,2-5,8-9H2,1H3. The van der Waals surface area contributed by atoms with Crippen LogP contribution in [-0.2, 0) is 6.54 Å². The van der Waals surface area contributed by atoms with Crippen molar-refractivity contribution in [3.63, 3.8) is 0 Å². The number of halogens is 3. The van der Waals surface area contributed by atoms with E-state index in [1.165, 1.54) is 31.4 Å². The number of nitrogens with one attached hydrogen (secondary N) is 1. The first kappa shape index (κ1) is 14.9. The van der Waals surface area contributed by atoms with Gasteiger partial charge in [-0.1, -0.05) is 26.2 Å². The largest absolute Gasteiger partial charge is 0.310 e. The highest BCUT2D eigenvalue weighted by Gasteiger charge is 2.21. The lowest BCUT2D eigenvalue weighted by molar-refractivity contribution is 0.276. The predicted octanol–water partition coefficient (Wildman–Crippen LogP) is 4.79. The third-order valence-corrected chi connectivity index (χ3v) is 4.68. The Labute approximate surface area is 121 Å². The summed E-state index contributed by atoms with van der Waals surface area (Å²) in [6.45, 7) is 2.47. The van der Waals surface area contributed by atoms with E-state index in [0.717, 1.165) is 18.8 Å². The van der Waals surface area contributed by atoms with Crippen LogP contribution >= 0.6 is 15.9 Å². The van der Waals surface area contributed by atoms with Crippen molar-refractivity contribution in [3.05, 3.63) is 33.8 Å². The summed E-state index contributed by atoms with van der Waals surface area (Å²) in [7, 11) is 0. The minimum Gasteiger partial charge on any atom is -0.310 e. The van der Waals surface area contributed by atoms with Crippen LogP contribution in [-0.4, -0.2) is 6.04 Å². The molecule has 2 rings (SSSR count). The van der Waals surface area contributed by atoms with Crippen molar-refractivity contribution in [3.8, 4) is 0 Å². The fourth-order valence-corrected chi connectivity index (χ4v) is 3.20. The van der Waals surface area contributed by atoms with Gasteiger partial charge in [0, 0.05) is 18.2 Å². The van der Waals surface area contributed by atoms with E-state index in [9.17, 15) is 8.78 Å². The maximum absolute atomic E-state index is 13.8. The number of hydrogen-bond acceptors (Lipinski definition) is 1. The molecule has 19 heavy (non-hydrogen) atoms. The highest BCUT2D eigenvalue weighted by atomic mass is 79.9. The van der Waals surface area contributed by atoms with E-state index in [1.807, 2.05) is 0 Å². The van der Waals surface area contributed by atoms with Gasteiger partial charge >= 0.3 is 0 Å². The molecule has 106 valence electrons. The van der Waals surface area contributed by atoms with Gasteiger partial charge in [-0.25, -0.2) is 8.78 Å². The van der Waals surface area contributed by atoms with E-state index in [-0.39, 0.29) is 12.1 Å². The zero-order chi connectivity index (χ0) is 13.8. The van der Waals surface area contributed by atoms with Crippen LogP contribution in [0.3, 0.4) is 0 Å². The Bertz CT molecular complexity index is 436. The Hall–Kier alpha value is -0.480. The van der Waals surface area contributed by atoms with Crippen molar-refractivity contribution in [1.82, 2.24) is 5.32 Å². The average molecular weight is 332 g/mol. The Morgan fingerprint density at radius 1 is 1.32 bits per heavy atom. The molecular formula is C15H20BrF2N. The molecule has 2 atom stereocenters. The van der Waals surface area contributed by atoms with Gasteiger partial charge in [-0.2, -0.15) is 0 Å². The Morgan fingerprint density at radius 3 is 2.84 bits per heavy atom. The molecule has 1 aliphatic rings. The first-order valence-corrected chi connectivity index (χ1v) is 7.76. The van der Waals surface area contributed by atoms with Gasteiger partial charge in [0.25, 0.3) is 0 Å². The first-order chi connectivity index (χ1) is 9.11. The van der Waals surface area contributed by atoms with E-state index >= 15 is 0 Å². The van der Waals surface area contributed by atoms with Gasteiger partial charge in [-0.05, 0) is 46.8 Å². The topological polar surface area (TPSA) is 12.0 Å². The normalized spacial score (nSPS) is 23.6. The molecule has 1 N–H and O–H groups in total. The molecule has 1 aromatic carbocycles. The minimum absolute atomic E-state index is 0.132. The van der Waals surface area contributed by atoms with Crippen molar-refractivity contribution in [2.45, 2.75) is 51.6 Å². The molecule has 1 saturated carbocycles. The molecule has 0 bridgehead atoms. The van der Waals surface area contributed by atoms with E-state index < -0.39 is 11.6 Å². The zero-order valence-corrected chi connectivity index (χ0v) is 12.8. The lowest BCUT2D eigenvalue weighted by atomic mass is 9.84. The Kier molecular flexibility index (Phi) is 5.34. The molecule has 0 aliphatic heterocycles. The third-order valence-electron chi connectivity index (χ3n) is 4.07. The summed E-state index contributed by atoms with van der Waals surface area (Å²) >= 11 is 3.10. The summed E-state index contributed by atoms with van der Waals surface area (Å²) in [4.78, 5) is 0. The van der Waals surface area contributed by atoms with Crippen LogP contribution in [0.15, 0.2) is 16.6 Å². The number of hydrogen-bond donors (Lipinski definition) is 1. The summed E-state index contributed by atoms with van der Waals surface area (Å²) in [5, 5.41) is 3.31. The molecule has 1 aliphatic carbocycles. The molecule has 0 spiro atoms. The minimum atomic E-state index is -0.490. The molecule has 1 nitrogen and oxygen atoms in total. The lowest BCUT2D eigenvalue weighted by Crippen LogP contribution is -2.34. The van der Waals surface area contributed by atoms with Crippen LogP contribution in [0.25, 0.3) is 0 Å². The van der Waals surface area contributed by atoms with Gasteiger partial charge in [-0.3, -0.25) is 0 Å². The molecular weight excluding hydrogens is 312 g/mol. The van der Waals surface area contributed by atoms with Gasteiger partial charge < -0.3 is 5.32 Å². The second-order valence-corrected chi connectivity index (χ2v) is 6.19. The van der Waals surface area contributed by atoms with Crippen molar-refractivity contribution < 1.29 is 8.78 Å². The molecule has 2 unspecified atom stereocenters. The summed E-state index contributed by atoms with van der Waals surface area (Å²) < 4.78 is 27.8. The van der Waals surface area contributed by atoms with E-state index in [4.69, 9.17) is 0 Å². The maximum Gasteiger partial charge on any atom is 0.144 e. The fourth-order valence-electron chi connectivity index (χ4n) is 2.82. The molecule has 0 amide bonds. The fraction of sp³-hybridized carbons (Fsp3) is 0.600. The van der Waals surface area contributed by atoms with E-state index in [2.05, 4.69) is 28.2 Å². The molecule has 4 heteroatoms. The molecule has 0 heterocycles. The van der Waals surface area contributed by atoms with Gasteiger partial charge in [-0.15, -0.1) is 0 Å². The van der Waals surface area contributed by atoms with E-state index in [1.54, 1.807) is 0 Å². The van der Waals surface area contributed by atoms with Crippen LogP contribution in [0, 0.1) is 17.6 Å². The van der Waals surface area contributed by atoms with Crippen LogP contribution in [0.4, 0.5) is 8.78 Å². The van der Waals surface area contributed by atoms with E-state index in [0.29, 0.717) is 10.5 Å². The number of rotatable bonds is 4. The molecule has 1 aromatic rings. The van der Waals surface area contributed by atoms with Crippen molar-refractivity contribution in [2.24, 2.45) is 5.92 Å². The highest BCUT2D eigenvalue weighted by molar-refractivity contribution is 9.10. The molecule has 0 saturated heterocycles. The summed E-state index contributed by atoms with van der Waals surface area (Å²) in [6.07, 6.45) is 5.91. The number of benzene rings is 1. The van der Waals surface area contributed by atoms with Crippen molar-refractivity contribution in [1.29, 1.82) is 0 Å². The Balaban J connectivity index is 1.97. The summed E-state index contributed by atoms with van der Waals surface area (Å²) in [5.41, 5.74) is 0.132. The van der Waals surface area contributed by atoms with Crippen LogP contribution < -0.4 is 5.32 Å². The van der Waals surface area contributed by atoms with Gasteiger partial charge in [0.05, 0.1) is 4.47 Å². The third kappa shape index (κ3) is 3.76.